The Morgan fingerprint density at radius 1 is 1.24 bits per heavy atom. The molecule has 8 heteroatoms. The quantitative estimate of drug-likeness (QED) is 0.394. The van der Waals surface area contributed by atoms with Gasteiger partial charge in [0.25, 0.3) is 5.56 Å². The maximum Gasteiger partial charge on any atom is 0.251 e. The summed E-state index contributed by atoms with van der Waals surface area (Å²) in [4.78, 5) is 31.5. The van der Waals surface area contributed by atoms with E-state index >= 15 is 0 Å². The van der Waals surface area contributed by atoms with Crippen LogP contribution in [0.2, 0.25) is 0 Å². The average Bonchev–Trinajstić information content (AvgIpc) is 2.68. The number of benzene rings is 2. The van der Waals surface area contributed by atoms with Crippen molar-refractivity contribution in [3.05, 3.63) is 80.2 Å². The van der Waals surface area contributed by atoms with Crippen molar-refractivity contribution in [2.24, 2.45) is 0 Å². The number of carbonyl (C=O) groups is 1. The fourth-order valence-electron chi connectivity index (χ4n) is 2.68. The van der Waals surface area contributed by atoms with E-state index in [0.717, 1.165) is 27.0 Å². The van der Waals surface area contributed by atoms with Crippen LogP contribution in [0.4, 0.5) is 5.69 Å². The summed E-state index contributed by atoms with van der Waals surface area (Å²) in [5.41, 5.74) is 2.87. The Hall–Kier alpha value is -2.58. The van der Waals surface area contributed by atoms with Gasteiger partial charge in [-0.1, -0.05) is 39.8 Å². The van der Waals surface area contributed by atoms with Crippen molar-refractivity contribution in [1.29, 1.82) is 0 Å². The van der Waals surface area contributed by atoms with Crippen LogP contribution < -0.4 is 15.6 Å². The molecule has 3 rings (SSSR count). The van der Waals surface area contributed by atoms with Gasteiger partial charge in [0.15, 0.2) is 5.16 Å². The van der Waals surface area contributed by atoms with E-state index < -0.39 is 0 Å². The highest BCUT2D eigenvalue weighted by Crippen LogP contribution is 2.22. The van der Waals surface area contributed by atoms with Crippen LogP contribution in [-0.4, -0.2) is 23.0 Å². The van der Waals surface area contributed by atoms with E-state index in [0.29, 0.717) is 16.6 Å². The first kappa shape index (κ1) is 21.1. The lowest BCUT2D eigenvalue weighted by atomic mass is 10.2. The standard InChI is InChI=1S/C21H20BrN3O3S/c1-13-8-15(22)6-7-18(13)24-19(26)10-16-11-20(27)25-21(23-16)29-12-14-4-3-5-17(9-14)28-2/h3-9,11H,10,12H2,1-2H3,(H,24,26)(H,23,25,27). The molecule has 0 atom stereocenters. The second-order valence-corrected chi connectivity index (χ2v) is 8.25. The molecule has 2 N–H and O–H groups in total. The highest BCUT2D eigenvalue weighted by Gasteiger charge is 2.10. The van der Waals surface area contributed by atoms with Gasteiger partial charge in [-0.2, -0.15) is 0 Å². The van der Waals surface area contributed by atoms with Crippen LogP contribution >= 0.6 is 27.7 Å². The van der Waals surface area contributed by atoms with E-state index in [-0.39, 0.29) is 17.9 Å². The molecule has 0 aliphatic heterocycles. The van der Waals surface area contributed by atoms with Gasteiger partial charge >= 0.3 is 0 Å². The topological polar surface area (TPSA) is 84.1 Å². The van der Waals surface area contributed by atoms with Gasteiger partial charge in [0, 0.05) is 22.0 Å². The van der Waals surface area contributed by atoms with Gasteiger partial charge < -0.3 is 15.0 Å². The van der Waals surface area contributed by atoms with E-state index in [1.807, 2.05) is 49.4 Å². The monoisotopic (exact) mass is 473 g/mol. The third-order valence-corrected chi connectivity index (χ3v) is 5.52. The molecule has 0 fully saturated rings. The minimum atomic E-state index is -0.282. The van der Waals surface area contributed by atoms with Gasteiger partial charge in [0.05, 0.1) is 19.2 Å². The summed E-state index contributed by atoms with van der Waals surface area (Å²) in [7, 11) is 1.62. The van der Waals surface area contributed by atoms with Gasteiger partial charge in [0.2, 0.25) is 5.91 Å². The fraction of sp³-hybridized carbons (Fsp3) is 0.190. The summed E-state index contributed by atoms with van der Waals surface area (Å²) in [5.74, 6) is 1.17. The minimum absolute atomic E-state index is 0.0200. The summed E-state index contributed by atoms with van der Waals surface area (Å²) in [6.07, 6.45) is 0.0200. The number of thioether (sulfide) groups is 1. The first-order chi connectivity index (χ1) is 13.9. The molecule has 2 aromatic carbocycles. The van der Waals surface area contributed by atoms with Crippen molar-refractivity contribution in [1.82, 2.24) is 9.97 Å². The molecule has 1 heterocycles. The molecule has 0 unspecified atom stereocenters. The number of aromatic nitrogens is 2. The van der Waals surface area contributed by atoms with Crippen molar-refractivity contribution in [3.63, 3.8) is 0 Å². The van der Waals surface area contributed by atoms with Crippen LogP contribution in [0.1, 0.15) is 16.8 Å². The number of nitrogens with one attached hydrogen (secondary N) is 2. The normalized spacial score (nSPS) is 10.6. The number of ether oxygens (including phenoxy) is 1. The zero-order valence-corrected chi connectivity index (χ0v) is 18.4. The number of aromatic amines is 1. The number of rotatable bonds is 7. The SMILES string of the molecule is COc1cccc(CSc2nc(CC(=O)Nc3ccc(Br)cc3C)cc(=O)[nH]2)c1. The number of aryl methyl sites for hydroxylation is 1. The van der Waals surface area contributed by atoms with Gasteiger partial charge in [-0.3, -0.25) is 9.59 Å². The predicted octanol–water partition coefficient (Wildman–Crippen LogP) is 4.32. The molecular weight excluding hydrogens is 454 g/mol. The second-order valence-electron chi connectivity index (χ2n) is 6.37. The fourth-order valence-corrected chi connectivity index (χ4v) is 4.00. The van der Waals surface area contributed by atoms with Crippen molar-refractivity contribution < 1.29 is 9.53 Å². The van der Waals surface area contributed by atoms with Crippen LogP contribution in [0.5, 0.6) is 5.75 Å². The van der Waals surface area contributed by atoms with Crippen molar-refractivity contribution >= 4 is 39.3 Å². The molecule has 0 aliphatic rings. The number of hydrogen-bond acceptors (Lipinski definition) is 5. The number of hydrogen-bond donors (Lipinski definition) is 2. The summed E-state index contributed by atoms with van der Waals surface area (Å²) in [6, 6.07) is 14.7. The third-order valence-electron chi connectivity index (χ3n) is 4.09. The van der Waals surface area contributed by atoms with E-state index in [4.69, 9.17) is 4.74 Å². The Labute approximate surface area is 181 Å². The van der Waals surface area contributed by atoms with Crippen LogP contribution in [-0.2, 0) is 17.0 Å². The molecule has 150 valence electrons. The molecule has 0 saturated carbocycles. The number of methoxy groups -OCH3 is 1. The maximum absolute atomic E-state index is 12.4. The first-order valence-corrected chi connectivity index (χ1v) is 10.6. The van der Waals surface area contributed by atoms with Gasteiger partial charge in [-0.25, -0.2) is 4.98 Å². The van der Waals surface area contributed by atoms with Gasteiger partial charge in [-0.15, -0.1) is 0 Å². The molecule has 6 nitrogen and oxygen atoms in total. The van der Waals surface area contributed by atoms with Crippen LogP contribution in [0.15, 0.2) is 63.0 Å². The number of carbonyl (C=O) groups excluding carboxylic acids is 1. The Morgan fingerprint density at radius 3 is 2.83 bits per heavy atom. The molecule has 29 heavy (non-hydrogen) atoms. The van der Waals surface area contributed by atoms with E-state index in [2.05, 4.69) is 31.2 Å². The molecule has 0 spiro atoms. The molecule has 1 aromatic heterocycles. The van der Waals surface area contributed by atoms with Crippen LogP contribution in [0, 0.1) is 6.92 Å². The lowest BCUT2D eigenvalue weighted by Crippen LogP contribution is -2.18. The number of halogens is 1. The van der Waals surface area contributed by atoms with Crippen molar-refractivity contribution in [2.75, 3.05) is 12.4 Å². The molecule has 0 radical (unpaired) electrons. The molecule has 3 aromatic rings. The molecular formula is C21H20BrN3O3S. The molecule has 0 saturated heterocycles. The Balaban J connectivity index is 1.66. The minimum Gasteiger partial charge on any atom is -0.497 e. The summed E-state index contributed by atoms with van der Waals surface area (Å²) < 4.78 is 6.17. The smallest absolute Gasteiger partial charge is 0.251 e. The average molecular weight is 474 g/mol. The Morgan fingerprint density at radius 2 is 2.07 bits per heavy atom. The highest BCUT2D eigenvalue weighted by atomic mass is 79.9. The number of H-pyrrole nitrogens is 1. The molecule has 0 bridgehead atoms. The lowest BCUT2D eigenvalue weighted by molar-refractivity contribution is -0.115. The van der Waals surface area contributed by atoms with Crippen LogP contribution in [0.3, 0.4) is 0 Å². The summed E-state index contributed by atoms with van der Waals surface area (Å²) >= 11 is 4.80. The zero-order chi connectivity index (χ0) is 20.8. The number of anilines is 1. The third kappa shape index (κ3) is 6.20. The Kier molecular flexibility index (Phi) is 7.11. The van der Waals surface area contributed by atoms with E-state index in [1.54, 1.807) is 7.11 Å². The maximum atomic E-state index is 12.4. The number of nitrogens with zero attached hydrogens (tertiary/aromatic N) is 1. The highest BCUT2D eigenvalue weighted by molar-refractivity contribution is 9.10. The van der Waals surface area contributed by atoms with E-state index in [1.165, 1.54) is 17.8 Å². The zero-order valence-electron chi connectivity index (χ0n) is 16.0. The summed E-state index contributed by atoms with van der Waals surface area (Å²) in [6.45, 7) is 1.92. The van der Waals surface area contributed by atoms with Gasteiger partial charge in [0.1, 0.15) is 5.75 Å². The van der Waals surface area contributed by atoms with Crippen molar-refractivity contribution in [2.45, 2.75) is 24.3 Å². The first-order valence-electron chi connectivity index (χ1n) is 8.85. The van der Waals surface area contributed by atoms with Crippen LogP contribution in [0.25, 0.3) is 0 Å². The molecule has 0 aliphatic carbocycles. The Bertz CT molecular complexity index is 1080. The van der Waals surface area contributed by atoms with Gasteiger partial charge in [-0.05, 0) is 48.4 Å². The lowest BCUT2D eigenvalue weighted by Gasteiger charge is -2.09. The predicted molar refractivity (Wildman–Crippen MR) is 119 cm³/mol. The molecule has 1 amide bonds. The summed E-state index contributed by atoms with van der Waals surface area (Å²) in [5, 5.41) is 3.34. The largest absolute Gasteiger partial charge is 0.497 e. The van der Waals surface area contributed by atoms with E-state index in [9.17, 15) is 9.59 Å². The number of amides is 1. The second kappa shape index (κ2) is 9.76. The van der Waals surface area contributed by atoms with Crippen molar-refractivity contribution in [3.8, 4) is 5.75 Å².